The number of aromatic nitrogens is 2. The lowest BCUT2D eigenvalue weighted by Gasteiger charge is -2.33. The fourth-order valence-electron chi connectivity index (χ4n) is 2.70. The van der Waals surface area contributed by atoms with Crippen molar-refractivity contribution in [3.8, 4) is 0 Å². The molecule has 0 radical (unpaired) electrons. The lowest BCUT2D eigenvalue weighted by atomic mass is 10.1. The molecule has 3 rings (SSSR count). The summed E-state index contributed by atoms with van der Waals surface area (Å²) in [6.07, 6.45) is 2.63. The standard InChI is InChI=1S/C17H18F2N4O3/c1-22-6-5-20-15(17(22)25)21-9-11-10-23(7-8-26-11)16(24)12-3-2-4-13(18)14(12)19/h2-6,11H,7-10H2,1H3,(H,20,21)/t11-/m0/s1. The number of hydrogen-bond acceptors (Lipinski definition) is 5. The van der Waals surface area contributed by atoms with Gasteiger partial charge in [0.05, 0.1) is 18.3 Å². The fraction of sp³-hybridized carbons (Fsp3) is 0.353. The molecule has 0 bridgehead atoms. The Bertz CT molecular complexity index is 871. The van der Waals surface area contributed by atoms with Crippen molar-refractivity contribution in [1.29, 1.82) is 0 Å². The number of morpholine rings is 1. The van der Waals surface area contributed by atoms with Crippen LogP contribution in [0, 0.1) is 11.6 Å². The van der Waals surface area contributed by atoms with Gasteiger partial charge in [-0.3, -0.25) is 9.59 Å². The average molecular weight is 364 g/mol. The zero-order chi connectivity index (χ0) is 18.7. The van der Waals surface area contributed by atoms with Crippen molar-refractivity contribution in [2.45, 2.75) is 6.10 Å². The van der Waals surface area contributed by atoms with Crippen molar-refractivity contribution < 1.29 is 18.3 Å². The molecule has 138 valence electrons. The number of halogens is 2. The van der Waals surface area contributed by atoms with Crippen LogP contribution in [0.1, 0.15) is 10.4 Å². The number of benzene rings is 1. The van der Waals surface area contributed by atoms with Gasteiger partial charge in [0, 0.05) is 39.1 Å². The van der Waals surface area contributed by atoms with Crippen LogP contribution in [0.4, 0.5) is 14.6 Å². The summed E-state index contributed by atoms with van der Waals surface area (Å²) in [6, 6.07) is 3.51. The first kappa shape index (κ1) is 18.0. The topological polar surface area (TPSA) is 76.5 Å². The minimum atomic E-state index is -1.16. The number of carbonyl (C=O) groups excluding carboxylic acids is 1. The molecule has 1 aliphatic rings. The predicted molar refractivity (Wildman–Crippen MR) is 90.0 cm³/mol. The summed E-state index contributed by atoms with van der Waals surface area (Å²) in [7, 11) is 1.61. The molecule has 1 N–H and O–H groups in total. The Balaban J connectivity index is 1.65. The molecule has 1 saturated heterocycles. The maximum absolute atomic E-state index is 13.8. The zero-order valence-corrected chi connectivity index (χ0v) is 14.1. The van der Waals surface area contributed by atoms with Crippen molar-refractivity contribution in [3.63, 3.8) is 0 Å². The van der Waals surface area contributed by atoms with Gasteiger partial charge in [-0.05, 0) is 12.1 Å². The quantitative estimate of drug-likeness (QED) is 0.876. The minimum Gasteiger partial charge on any atom is -0.373 e. The molecule has 2 heterocycles. The Morgan fingerprint density at radius 2 is 2.23 bits per heavy atom. The van der Waals surface area contributed by atoms with E-state index < -0.39 is 23.6 Å². The van der Waals surface area contributed by atoms with Gasteiger partial charge in [-0.25, -0.2) is 13.8 Å². The lowest BCUT2D eigenvalue weighted by molar-refractivity contribution is -0.0151. The smallest absolute Gasteiger partial charge is 0.293 e. The van der Waals surface area contributed by atoms with Crippen LogP contribution in [0.5, 0.6) is 0 Å². The Morgan fingerprint density at radius 3 is 3.04 bits per heavy atom. The summed E-state index contributed by atoms with van der Waals surface area (Å²) in [4.78, 5) is 29.8. The van der Waals surface area contributed by atoms with E-state index in [0.717, 1.165) is 6.07 Å². The van der Waals surface area contributed by atoms with E-state index in [4.69, 9.17) is 4.74 Å². The van der Waals surface area contributed by atoms with E-state index in [0.29, 0.717) is 0 Å². The van der Waals surface area contributed by atoms with Gasteiger partial charge >= 0.3 is 0 Å². The van der Waals surface area contributed by atoms with Crippen LogP contribution in [-0.4, -0.2) is 52.7 Å². The highest BCUT2D eigenvalue weighted by atomic mass is 19.2. The van der Waals surface area contributed by atoms with Gasteiger partial charge in [0.15, 0.2) is 17.5 Å². The first-order valence-electron chi connectivity index (χ1n) is 8.07. The van der Waals surface area contributed by atoms with Crippen LogP contribution in [0.25, 0.3) is 0 Å². The first-order chi connectivity index (χ1) is 12.5. The van der Waals surface area contributed by atoms with Crippen LogP contribution in [0.2, 0.25) is 0 Å². The molecule has 0 spiro atoms. The highest BCUT2D eigenvalue weighted by molar-refractivity contribution is 5.94. The fourth-order valence-corrected chi connectivity index (χ4v) is 2.70. The molecule has 9 heteroatoms. The van der Waals surface area contributed by atoms with Gasteiger partial charge < -0.3 is 19.5 Å². The maximum Gasteiger partial charge on any atom is 0.293 e. The lowest BCUT2D eigenvalue weighted by Crippen LogP contribution is -2.48. The van der Waals surface area contributed by atoms with E-state index in [2.05, 4.69) is 10.3 Å². The molecule has 1 atom stereocenters. The Hall–Kier alpha value is -2.81. The molecule has 0 aliphatic carbocycles. The molecule has 0 saturated carbocycles. The molecular formula is C17H18F2N4O3. The molecule has 26 heavy (non-hydrogen) atoms. The summed E-state index contributed by atoms with van der Waals surface area (Å²) in [5.41, 5.74) is -0.588. The van der Waals surface area contributed by atoms with Crippen LogP contribution in [0.15, 0.2) is 35.4 Å². The second-order valence-electron chi connectivity index (χ2n) is 5.92. The van der Waals surface area contributed by atoms with Gasteiger partial charge in [0.1, 0.15) is 0 Å². The van der Waals surface area contributed by atoms with Crippen molar-refractivity contribution >= 4 is 11.7 Å². The molecule has 1 aliphatic heterocycles. The maximum atomic E-state index is 13.8. The minimum absolute atomic E-state index is 0.179. The highest BCUT2D eigenvalue weighted by Crippen LogP contribution is 2.16. The van der Waals surface area contributed by atoms with E-state index in [9.17, 15) is 18.4 Å². The Morgan fingerprint density at radius 1 is 1.42 bits per heavy atom. The number of ether oxygens (including phenoxy) is 1. The second-order valence-corrected chi connectivity index (χ2v) is 5.92. The SMILES string of the molecule is Cn1ccnc(NC[C@H]2CN(C(=O)c3cccc(F)c3F)CCO2)c1=O. The van der Waals surface area contributed by atoms with E-state index in [-0.39, 0.29) is 43.2 Å². The highest BCUT2D eigenvalue weighted by Gasteiger charge is 2.27. The number of anilines is 1. The van der Waals surface area contributed by atoms with E-state index in [1.54, 1.807) is 13.2 Å². The van der Waals surface area contributed by atoms with Crippen molar-refractivity contribution in [3.05, 3.63) is 58.1 Å². The van der Waals surface area contributed by atoms with Gasteiger partial charge in [-0.15, -0.1) is 0 Å². The zero-order valence-electron chi connectivity index (χ0n) is 14.1. The molecule has 1 amide bonds. The number of nitrogens with zero attached hydrogens (tertiary/aromatic N) is 3. The molecular weight excluding hydrogens is 346 g/mol. The molecule has 0 unspecified atom stereocenters. The van der Waals surface area contributed by atoms with Crippen LogP contribution in [-0.2, 0) is 11.8 Å². The summed E-state index contributed by atoms with van der Waals surface area (Å²) in [5, 5.41) is 2.90. The molecule has 1 fully saturated rings. The number of rotatable bonds is 4. The molecule has 7 nitrogen and oxygen atoms in total. The van der Waals surface area contributed by atoms with Crippen molar-refractivity contribution in [2.75, 3.05) is 31.6 Å². The third kappa shape index (κ3) is 3.72. The van der Waals surface area contributed by atoms with Crippen LogP contribution < -0.4 is 10.9 Å². The summed E-state index contributed by atoms with van der Waals surface area (Å²) in [6.45, 7) is 0.975. The number of hydrogen-bond donors (Lipinski definition) is 1. The second kappa shape index (κ2) is 7.61. The van der Waals surface area contributed by atoms with Gasteiger partial charge in [-0.2, -0.15) is 0 Å². The molecule has 1 aromatic carbocycles. The predicted octanol–water partition coefficient (Wildman–Crippen LogP) is 1.01. The Labute approximate surface area is 148 Å². The number of carbonyl (C=O) groups is 1. The summed E-state index contributed by atoms with van der Waals surface area (Å²) in [5.74, 6) is -2.63. The summed E-state index contributed by atoms with van der Waals surface area (Å²) < 4.78 is 34.2. The normalized spacial score (nSPS) is 17.2. The number of amides is 1. The van der Waals surface area contributed by atoms with E-state index in [1.165, 1.54) is 27.8 Å². The summed E-state index contributed by atoms with van der Waals surface area (Å²) >= 11 is 0. The average Bonchev–Trinajstić information content (AvgIpc) is 2.65. The van der Waals surface area contributed by atoms with Gasteiger partial charge in [0.25, 0.3) is 11.5 Å². The molecule has 1 aromatic heterocycles. The third-order valence-corrected chi connectivity index (χ3v) is 4.12. The van der Waals surface area contributed by atoms with Gasteiger partial charge in [-0.1, -0.05) is 6.07 Å². The van der Waals surface area contributed by atoms with Gasteiger partial charge in [0.2, 0.25) is 0 Å². The van der Waals surface area contributed by atoms with Crippen molar-refractivity contribution in [1.82, 2.24) is 14.5 Å². The Kier molecular flexibility index (Phi) is 5.27. The van der Waals surface area contributed by atoms with Crippen LogP contribution in [0.3, 0.4) is 0 Å². The number of aryl methyl sites for hydroxylation is 1. The van der Waals surface area contributed by atoms with E-state index >= 15 is 0 Å². The van der Waals surface area contributed by atoms with Crippen LogP contribution >= 0.6 is 0 Å². The monoisotopic (exact) mass is 364 g/mol. The largest absolute Gasteiger partial charge is 0.373 e. The van der Waals surface area contributed by atoms with E-state index in [1.807, 2.05) is 0 Å². The van der Waals surface area contributed by atoms with Crippen molar-refractivity contribution in [2.24, 2.45) is 7.05 Å². The first-order valence-corrected chi connectivity index (χ1v) is 8.07. The molecule has 2 aromatic rings. The number of nitrogens with one attached hydrogen (secondary N) is 1. The third-order valence-electron chi connectivity index (χ3n) is 4.12.